The van der Waals surface area contributed by atoms with Crippen molar-refractivity contribution >= 4 is 34.2 Å². The SMILES string of the molecule is NC(=O)CSC(=S)N1C[C@@H]2C[C@@H](C1)c1cccc(=O)n1C2. The standard InChI is InChI=1S/C14H17N3O2S2/c15-12(18)8-21-14(20)16-5-9-4-10(7-16)11-2-1-3-13(19)17(11)6-9/h1-3,9-10H,4-8H2,(H2,15,18)/t9-,10-/m0/s1. The van der Waals surface area contributed by atoms with E-state index in [0.29, 0.717) is 11.8 Å². The van der Waals surface area contributed by atoms with Gasteiger partial charge in [-0.3, -0.25) is 9.59 Å². The fourth-order valence-corrected chi connectivity index (χ4v) is 4.19. The minimum absolute atomic E-state index is 0.0846. The van der Waals surface area contributed by atoms with E-state index in [1.165, 1.54) is 11.8 Å². The number of nitrogens with two attached hydrogens (primary N) is 1. The number of nitrogens with zero attached hydrogens (tertiary/aromatic N) is 2. The Balaban J connectivity index is 1.77. The number of piperidine rings is 1. The highest BCUT2D eigenvalue weighted by Gasteiger charge is 2.35. The predicted octanol–water partition coefficient (Wildman–Crippen LogP) is 0.771. The number of aromatic nitrogens is 1. The number of amides is 1. The number of pyridine rings is 1. The molecule has 1 amide bonds. The Bertz CT molecular complexity index is 643. The zero-order valence-corrected chi connectivity index (χ0v) is 13.2. The maximum absolute atomic E-state index is 12.0. The molecular weight excluding hydrogens is 306 g/mol. The lowest BCUT2D eigenvalue weighted by Gasteiger charge is -2.43. The maximum atomic E-state index is 12.0. The molecule has 7 heteroatoms. The first-order valence-corrected chi connectivity index (χ1v) is 8.33. The lowest BCUT2D eigenvalue weighted by atomic mass is 9.83. The van der Waals surface area contributed by atoms with Crippen molar-refractivity contribution in [3.63, 3.8) is 0 Å². The van der Waals surface area contributed by atoms with Crippen molar-refractivity contribution in [1.82, 2.24) is 9.47 Å². The van der Waals surface area contributed by atoms with Crippen LogP contribution in [-0.2, 0) is 11.3 Å². The molecule has 1 fully saturated rings. The second kappa shape index (κ2) is 5.81. The van der Waals surface area contributed by atoms with Crippen molar-refractivity contribution in [2.24, 2.45) is 11.7 Å². The molecule has 3 rings (SSSR count). The van der Waals surface area contributed by atoms with Crippen LogP contribution in [0.5, 0.6) is 0 Å². The Morgan fingerprint density at radius 1 is 1.38 bits per heavy atom. The predicted molar refractivity (Wildman–Crippen MR) is 87.4 cm³/mol. The summed E-state index contributed by atoms with van der Waals surface area (Å²) >= 11 is 6.74. The summed E-state index contributed by atoms with van der Waals surface area (Å²) in [5.41, 5.74) is 6.35. The molecule has 2 aliphatic rings. The highest BCUT2D eigenvalue weighted by Crippen LogP contribution is 2.35. The highest BCUT2D eigenvalue weighted by molar-refractivity contribution is 8.23. The fourth-order valence-electron chi connectivity index (χ4n) is 3.27. The van der Waals surface area contributed by atoms with E-state index in [4.69, 9.17) is 18.0 Å². The lowest BCUT2D eigenvalue weighted by Crippen LogP contribution is -2.48. The Hall–Kier alpha value is -1.34. The van der Waals surface area contributed by atoms with Crippen LogP contribution in [0.2, 0.25) is 0 Å². The molecule has 21 heavy (non-hydrogen) atoms. The van der Waals surface area contributed by atoms with Crippen molar-refractivity contribution in [3.05, 3.63) is 34.2 Å². The van der Waals surface area contributed by atoms with Crippen LogP contribution < -0.4 is 11.3 Å². The van der Waals surface area contributed by atoms with Crippen LogP contribution >= 0.6 is 24.0 Å². The monoisotopic (exact) mass is 323 g/mol. The topological polar surface area (TPSA) is 68.3 Å². The number of likely N-dealkylation sites (tertiary alicyclic amines) is 1. The second-order valence-electron chi connectivity index (χ2n) is 5.62. The number of thiocarbonyl (C=S) groups is 1. The summed E-state index contributed by atoms with van der Waals surface area (Å²) in [5.74, 6) is 0.638. The first-order chi connectivity index (χ1) is 10.0. The van der Waals surface area contributed by atoms with E-state index in [9.17, 15) is 9.59 Å². The van der Waals surface area contributed by atoms with Crippen molar-refractivity contribution < 1.29 is 4.79 Å². The van der Waals surface area contributed by atoms with Gasteiger partial charge in [0.25, 0.3) is 5.56 Å². The van der Waals surface area contributed by atoms with Gasteiger partial charge in [-0.1, -0.05) is 30.0 Å². The van der Waals surface area contributed by atoms with Crippen LogP contribution in [0.25, 0.3) is 0 Å². The third-order valence-electron chi connectivity index (χ3n) is 4.08. The van der Waals surface area contributed by atoms with E-state index in [-0.39, 0.29) is 17.2 Å². The molecule has 1 aromatic rings. The molecule has 0 aliphatic carbocycles. The summed E-state index contributed by atoms with van der Waals surface area (Å²) in [6.45, 7) is 2.41. The number of hydrogen-bond donors (Lipinski definition) is 1. The van der Waals surface area contributed by atoms with Gasteiger partial charge >= 0.3 is 0 Å². The number of hydrogen-bond acceptors (Lipinski definition) is 4. The molecule has 1 aromatic heterocycles. The normalized spacial score (nSPS) is 23.5. The van der Waals surface area contributed by atoms with Gasteiger partial charge in [0.2, 0.25) is 5.91 Å². The molecule has 0 spiro atoms. The second-order valence-corrected chi connectivity index (χ2v) is 7.23. The molecule has 2 aliphatic heterocycles. The molecule has 1 saturated heterocycles. The van der Waals surface area contributed by atoms with Crippen LogP contribution in [0.15, 0.2) is 23.0 Å². The van der Waals surface area contributed by atoms with Gasteiger partial charge in [-0.2, -0.15) is 0 Å². The van der Waals surface area contributed by atoms with Gasteiger partial charge in [0.05, 0.1) is 5.75 Å². The number of carbonyl (C=O) groups excluding carboxylic acids is 1. The summed E-state index contributed by atoms with van der Waals surface area (Å²) in [6.07, 6.45) is 1.10. The summed E-state index contributed by atoms with van der Waals surface area (Å²) in [5, 5.41) is 0. The Morgan fingerprint density at radius 2 is 2.19 bits per heavy atom. The fraction of sp³-hybridized carbons (Fsp3) is 0.500. The molecule has 0 aromatic carbocycles. The van der Waals surface area contributed by atoms with Gasteiger partial charge < -0.3 is 15.2 Å². The van der Waals surface area contributed by atoms with E-state index >= 15 is 0 Å². The highest BCUT2D eigenvalue weighted by atomic mass is 32.2. The summed E-state index contributed by atoms with van der Waals surface area (Å²) in [7, 11) is 0. The van der Waals surface area contributed by atoms with Crippen LogP contribution in [0.3, 0.4) is 0 Å². The van der Waals surface area contributed by atoms with Crippen molar-refractivity contribution in [3.8, 4) is 0 Å². The molecule has 2 N–H and O–H groups in total. The number of fused-ring (bicyclic) bond motifs is 4. The Morgan fingerprint density at radius 3 is 2.95 bits per heavy atom. The summed E-state index contributed by atoms with van der Waals surface area (Å²) < 4.78 is 2.63. The molecule has 0 unspecified atom stereocenters. The first-order valence-electron chi connectivity index (χ1n) is 6.94. The van der Waals surface area contributed by atoms with Gasteiger partial charge in [-0.05, 0) is 18.4 Å². The van der Waals surface area contributed by atoms with Gasteiger partial charge in [0.1, 0.15) is 4.32 Å². The van der Waals surface area contributed by atoms with E-state index in [2.05, 4.69) is 4.90 Å². The van der Waals surface area contributed by atoms with E-state index in [1.54, 1.807) is 6.07 Å². The zero-order chi connectivity index (χ0) is 15.0. The van der Waals surface area contributed by atoms with E-state index < -0.39 is 0 Å². The average Bonchev–Trinajstić information content (AvgIpc) is 2.45. The Labute approximate surface area is 132 Å². The summed E-state index contributed by atoms with van der Waals surface area (Å²) in [6, 6.07) is 5.48. The molecular formula is C14H17N3O2S2. The van der Waals surface area contributed by atoms with Crippen molar-refractivity contribution in [1.29, 1.82) is 0 Å². The quantitative estimate of drug-likeness (QED) is 0.814. The largest absolute Gasteiger partial charge is 0.369 e. The van der Waals surface area contributed by atoms with E-state index in [1.807, 2.05) is 16.7 Å². The summed E-state index contributed by atoms with van der Waals surface area (Å²) in [4.78, 5) is 25.0. The number of rotatable bonds is 2. The molecule has 112 valence electrons. The van der Waals surface area contributed by atoms with Crippen molar-refractivity contribution in [2.75, 3.05) is 18.8 Å². The molecule has 3 heterocycles. The van der Waals surface area contributed by atoms with Gasteiger partial charge in [0.15, 0.2) is 0 Å². The van der Waals surface area contributed by atoms with Crippen LogP contribution in [0.4, 0.5) is 0 Å². The minimum Gasteiger partial charge on any atom is -0.369 e. The van der Waals surface area contributed by atoms with Crippen LogP contribution in [-0.4, -0.2) is 38.5 Å². The lowest BCUT2D eigenvalue weighted by molar-refractivity contribution is -0.115. The Kier molecular flexibility index (Phi) is 4.03. The van der Waals surface area contributed by atoms with Crippen LogP contribution in [0, 0.1) is 5.92 Å². The smallest absolute Gasteiger partial charge is 0.250 e. The zero-order valence-electron chi connectivity index (χ0n) is 11.5. The van der Waals surface area contributed by atoms with Crippen molar-refractivity contribution in [2.45, 2.75) is 18.9 Å². The van der Waals surface area contributed by atoms with E-state index in [0.717, 1.165) is 36.1 Å². The molecule has 2 atom stereocenters. The number of carbonyl (C=O) groups is 1. The molecule has 0 saturated carbocycles. The third kappa shape index (κ3) is 2.98. The van der Waals surface area contributed by atoms with Gasteiger partial charge in [-0.25, -0.2) is 0 Å². The maximum Gasteiger partial charge on any atom is 0.250 e. The third-order valence-corrected chi connectivity index (χ3v) is 5.62. The minimum atomic E-state index is -0.351. The van der Waals surface area contributed by atoms with Gasteiger partial charge in [-0.15, -0.1) is 0 Å². The van der Waals surface area contributed by atoms with Crippen LogP contribution in [0.1, 0.15) is 18.0 Å². The average molecular weight is 323 g/mol. The number of primary amides is 1. The first kappa shape index (κ1) is 14.6. The van der Waals surface area contributed by atoms with Gasteiger partial charge in [0, 0.05) is 37.3 Å². The molecule has 5 nitrogen and oxygen atoms in total. The molecule has 2 bridgehead atoms. The number of thioether (sulfide) groups is 1. The molecule has 0 radical (unpaired) electrons.